The number of likely N-dealkylation sites (tertiary alicyclic amines) is 1. The van der Waals surface area contributed by atoms with Gasteiger partial charge in [-0.1, -0.05) is 62.0 Å². The van der Waals surface area contributed by atoms with Crippen molar-refractivity contribution in [2.75, 3.05) is 20.3 Å². The first-order chi connectivity index (χ1) is 16.3. The maximum Gasteiger partial charge on any atom is 0.295 e. The third kappa shape index (κ3) is 5.34. The molecular weight excluding hydrogens is 477 g/mol. The van der Waals surface area contributed by atoms with Crippen LogP contribution in [0.5, 0.6) is 11.5 Å². The van der Waals surface area contributed by atoms with Crippen LogP contribution >= 0.6 is 23.2 Å². The van der Waals surface area contributed by atoms with Gasteiger partial charge < -0.3 is 19.5 Å². The highest BCUT2D eigenvalue weighted by Crippen LogP contribution is 2.42. The van der Waals surface area contributed by atoms with Crippen LogP contribution in [-0.4, -0.2) is 42.0 Å². The maximum absolute atomic E-state index is 13.0. The summed E-state index contributed by atoms with van der Waals surface area (Å²) in [6.45, 7) is 5.05. The second kappa shape index (κ2) is 11.6. The second-order valence-corrected chi connectivity index (χ2v) is 8.90. The van der Waals surface area contributed by atoms with Crippen LogP contribution in [-0.2, 0) is 9.59 Å². The molecule has 34 heavy (non-hydrogen) atoms. The third-order valence-electron chi connectivity index (χ3n) is 5.69. The molecule has 6 nitrogen and oxygen atoms in total. The van der Waals surface area contributed by atoms with Gasteiger partial charge in [-0.05, 0) is 42.7 Å². The van der Waals surface area contributed by atoms with E-state index in [1.54, 1.807) is 0 Å². The zero-order valence-electron chi connectivity index (χ0n) is 19.6. The van der Waals surface area contributed by atoms with Gasteiger partial charge in [0.05, 0.1) is 35.4 Å². The van der Waals surface area contributed by atoms with E-state index in [1.807, 2.05) is 31.2 Å². The van der Waals surface area contributed by atoms with Crippen LogP contribution in [0.25, 0.3) is 5.76 Å². The number of aliphatic hydroxyl groups excluding tert-OH is 1. The number of hydrogen-bond donors (Lipinski definition) is 1. The van der Waals surface area contributed by atoms with Crippen molar-refractivity contribution in [2.24, 2.45) is 0 Å². The summed E-state index contributed by atoms with van der Waals surface area (Å²) >= 11 is 12.5. The molecule has 0 aliphatic carbocycles. The molecule has 0 saturated carbocycles. The molecule has 1 saturated heterocycles. The number of carbonyl (C=O) groups is 2. The maximum atomic E-state index is 13.0. The molecule has 1 aliphatic rings. The van der Waals surface area contributed by atoms with Gasteiger partial charge in [-0.3, -0.25) is 9.59 Å². The molecule has 1 atom stereocenters. The van der Waals surface area contributed by atoms with Crippen molar-refractivity contribution in [1.82, 2.24) is 4.90 Å². The third-order valence-corrected chi connectivity index (χ3v) is 6.25. The smallest absolute Gasteiger partial charge is 0.295 e. The van der Waals surface area contributed by atoms with Gasteiger partial charge in [0.2, 0.25) is 0 Å². The Morgan fingerprint density at radius 3 is 2.24 bits per heavy atom. The minimum atomic E-state index is -0.751. The lowest BCUT2D eigenvalue weighted by Gasteiger charge is -2.25. The molecule has 3 rings (SSSR count). The predicted octanol–water partition coefficient (Wildman–Crippen LogP) is 6.40. The molecule has 1 aliphatic heterocycles. The number of ketones is 1. The molecule has 1 amide bonds. The Hall–Kier alpha value is -2.70. The van der Waals surface area contributed by atoms with Crippen molar-refractivity contribution in [2.45, 2.75) is 45.6 Å². The molecule has 0 radical (unpaired) electrons. The quantitative estimate of drug-likeness (QED) is 0.175. The van der Waals surface area contributed by atoms with Gasteiger partial charge in [0.25, 0.3) is 11.7 Å². The molecule has 8 heteroatoms. The molecule has 0 spiro atoms. The van der Waals surface area contributed by atoms with E-state index in [0.717, 1.165) is 19.3 Å². The van der Waals surface area contributed by atoms with E-state index in [-0.39, 0.29) is 32.7 Å². The lowest BCUT2D eigenvalue weighted by molar-refractivity contribution is -0.139. The van der Waals surface area contributed by atoms with Crippen molar-refractivity contribution in [1.29, 1.82) is 0 Å². The van der Waals surface area contributed by atoms with Crippen molar-refractivity contribution >= 4 is 40.7 Å². The number of carbonyl (C=O) groups excluding carboxylic acids is 2. The summed E-state index contributed by atoms with van der Waals surface area (Å²) < 4.78 is 10.9. The van der Waals surface area contributed by atoms with Crippen LogP contribution in [0.3, 0.4) is 0 Å². The molecule has 0 bridgehead atoms. The lowest BCUT2D eigenvalue weighted by atomic mass is 9.95. The molecule has 2 aromatic rings. The van der Waals surface area contributed by atoms with Gasteiger partial charge in [-0.15, -0.1) is 0 Å². The fourth-order valence-electron chi connectivity index (χ4n) is 4.03. The summed E-state index contributed by atoms with van der Waals surface area (Å²) in [6, 6.07) is 9.43. The standard InChI is InChI=1S/C26H29Cl2NO5/c1-4-6-7-13-34-18-10-8-16(9-11-18)22-21(24(31)26(32)29(22)12-5-2)23(30)17-14-19(27)25(33-3)20(28)15-17/h8-11,14-15,22,30H,4-7,12-13H2,1-3H3/b23-21+. The SMILES string of the molecule is CCCCCOc1ccc(C2/C(=C(\O)c3cc(Cl)c(OC)c(Cl)c3)C(=O)C(=O)N2CCC)cc1. The molecule has 1 heterocycles. The summed E-state index contributed by atoms with van der Waals surface area (Å²) in [5.74, 6) is -0.774. The van der Waals surface area contributed by atoms with Gasteiger partial charge >= 0.3 is 0 Å². The molecule has 182 valence electrons. The van der Waals surface area contributed by atoms with Crippen molar-refractivity contribution in [3.05, 3.63) is 63.1 Å². The van der Waals surface area contributed by atoms with E-state index in [0.29, 0.717) is 30.9 Å². The van der Waals surface area contributed by atoms with Crippen LogP contribution < -0.4 is 9.47 Å². The molecule has 2 aromatic carbocycles. The van der Waals surface area contributed by atoms with E-state index in [2.05, 4.69) is 6.92 Å². The van der Waals surface area contributed by atoms with Crippen LogP contribution in [0.4, 0.5) is 0 Å². The number of benzene rings is 2. The van der Waals surface area contributed by atoms with Gasteiger partial charge in [0.15, 0.2) is 5.75 Å². The van der Waals surface area contributed by atoms with Gasteiger partial charge in [0, 0.05) is 12.1 Å². The number of amides is 1. The van der Waals surface area contributed by atoms with E-state index in [4.69, 9.17) is 32.7 Å². The lowest BCUT2D eigenvalue weighted by Crippen LogP contribution is -2.30. The topological polar surface area (TPSA) is 76.1 Å². The number of hydrogen-bond acceptors (Lipinski definition) is 5. The largest absolute Gasteiger partial charge is 0.507 e. The van der Waals surface area contributed by atoms with Crippen LogP contribution in [0.2, 0.25) is 10.0 Å². The normalized spacial score (nSPS) is 17.3. The fraction of sp³-hybridized carbons (Fsp3) is 0.385. The number of ether oxygens (including phenoxy) is 2. The van der Waals surface area contributed by atoms with Crippen molar-refractivity contribution in [3.8, 4) is 11.5 Å². The first-order valence-electron chi connectivity index (χ1n) is 11.4. The van der Waals surface area contributed by atoms with Gasteiger partial charge in [-0.25, -0.2) is 0 Å². The first-order valence-corrected chi connectivity index (χ1v) is 12.1. The first kappa shape index (κ1) is 25.9. The second-order valence-electron chi connectivity index (χ2n) is 8.09. The average molecular weight is 506 g/mol. The minimum Gasteiger partial charge on any atom is -0.507 e. The van der Waals surface area contributed by atoms with Crippen LogP contribution in [0, 0.1) is 0 Å². The molecular formula is C26H29Cl2NO5. The van der Waals surface area contributed by atoms with Gasteiger partial charge in [0.1, 0.15) is 11.5 Å². The Labute approximate surface area is 210 Å². The van der Waals surface area contributed by atoms with Gasteiger partial charge in [-0.2, -0.15) is 0 Å². The van der Waals surface area contributed by atoms with Crippen molar-refractivity contribution < 1.29 is 24.2 Å². The number of aliphatic hydroxyl groups is 1. The fourth-order valence-corrected chi connectivity index (χ4v) is 4.68. The molecule has 1 N–H and O–H groups in total. The number of rotatable bonds is 10. The molecule has 1 unspecified atom stereocenters. The zero-order valence-corrected chi connectivity index (χ0v) is 21.1. The summed E-state index contributed by atoms with van der Waals surface area (Å²) in [4.78, 5) is 27.4. The predicted molar refractivity (Wildman–Crippen MR) is 134 cm³/mol. The highest BCUT2D eigenvalue weighted by atomic mass is 35.5. The zero-order chi connectivity index (χ0) is 24.8. The highest BCUT2D eigenvalue weighted by molar-refractivity contribution is 6.46. The summed E-state index contributed by atoms with van der Waals surface area (Å²) in [5, 5.41) is 11.5. The minimum absolute atomic E-state index is 0.00707. The van der Waals surface area contributed by atoms with Crippen LogP contribution in [0.1, 0.15) is 56.7 Å². The summed E-state index contributed by atoms with van der Waals surface area (Å²) in [5.41, 5.74) is 0.916. The number of methoxy groups -OCH3 is 1. The molecule has 0 aromatic heterocycles. The Balaban J connectivity index is 2.03. The van der Waals surface area contributed by atoms with E-state index in [1.165, 1.54) is 24.1 Å². The Morgan fingerprint density at radius 1 is 1.03 bits per heavy atom. The monoisotopic (exact) mass is 505 g/mol. The molecule has 1 fully saturated rings. The Bertz CT molecular complexity index is 1060. The van der Waals surface area contributed by atoms with E-state index in [9.17, 15) is 14.7 Å². The Morgan fingerprint density at radius 2 is 1.68 bits per heavy atom. The number of Topliss-reactive ketones (excluding diaryl/α,β-unsaturated/α-hetero) is 1. The Kier molecular flexibility index (Phi) is 8.86. The highest BCUT2D eigenvalue weighted by Gasteiger charge is 2.45. The van der Waals surface area contributed by atoms with Crippen LogP contribution in [0.15, 0.2) is 42.0 Å². The number of nitrogens with zero attached hydrogens (tertiary/aromatic N) is 1. The number of unbranched alkanes of at least 4 members (excludes halogenated alkanes) is 2. The van der Waals surface area contributed by atoms with E-state index < -0.39 is 17.7 Å². The summed E-state index contributed by atoms with van der Waals surface area (Å²) in [6.07, 6.45) is 3.84. The average Bonchev–Trinajstić information content (AvgIpc) is 3.07. The summed E-state index contributed by atoms with van der Waals surface area (Å²) in [7, 11) is 1.43. The van der Waals surface area contributed by atoms with E-state index >= 15 is 0 Å². The number of halogens is 2. The van der Waals surface area contributed by atoms with Crippen molar-refractivity contribution in [3.63, 3.8) is 0 Å².